The van der Waals surface area contributed by atoms with Gasteiger partial charge in [-0.25, -0.2) is 0 Å². The summed E-state index contributed by atoms with van der Waals surface area (Å²) >= 11 is 2.12. The summed E-state index contributed by atoms with van der Waals surface area (Å²) in [5.74, 6) is 0. The Kier molecular flexibility index (Phi) is 1.46. The van der Waals surface area contributed by atoms with Gasteiger partial charge < -0.3 is 4.57 Å². The number of hydrogen-bond acceptors (Lipinski definition) is 0. The highest BCUT2D eigenvalue weighted by Gasteiger charge is 2.10. The molecule has 0 radical (unpaired) electrons. The van der Waals surface area contributed by atoms with Gasteiger partial charge in [-0.1, -0.05) is 42.3 Å². The first-order valence-corrected chi connectivity index (χ1v) is 7.01. The normalized spacial score (nSPS) is 16.9. The number of fused-ring (bicyclic) bond motifs is 3. The predicted octanol–water partition coefficient (Wildman–Crippen LogP) is 5.39. The molecular weight excluding hydrogens is 357 g/mol. The van der Waals surface area contributed by atoms with E-state index in [4.69, 9.17) is 11.0 Å². The molecule has 2 heteroatoms. The second-order valence-corrected chi connectivity index (χ2v) is 5.51. The molecule has 0 unspecified atom stereocenters. The van der Waals surface area contributed by atoms with Crippen LogP contribution in [0.5, 0.6) is 0 Å². The molecule has 1 aromatic heterocycles. The lowest BCUT2D eigenvalue weighted by Gasteiger charge is -2.07. The molecule has 0 bridgehead atoms. The molecule has 0 spiro atoms. The third-order valence-corrected chi connectivity index (χ3v) is 3.77. The highest BCUT2D eigenvalue weighted by atomic mass is 127. The van der Waals surface area contributed by atoms with Gasteiger partial charge in [0.2, 0.25) is 0 Å². The van der Waals surface area contributed by atoms with Crippen molar-refractivity contribution < 1.29 is 11.0 Å². The van der Waals surface area contributed by atoms with Gasteiger partial charge in [-0.15, -0.1) is 0 Å². The standard InChI is InChI=1S/C18H12IN/c19-13-6-5-7-14(12-13)20-17-10-3-1-8-15(17)16-9-2-4-11-18(16)20/h1-12H/i1D,2D,3D,4D,8D,9D,10D,11D. The molecule has 3 aromatic carbocycles. The SMILES string of the molecule is [2H]c1c([2H])c([2H])c2c(c1[2H])c1c([2H])c([2H])c([2H])c([2H])c1n2-c1cccc(I)c1. The average molecular weight is 377 g/mol. The fraction of sp³-hybridized carbons (Fsp3) is 0. The Balaban J connectivity index is 2.44. The summed E-state index contributed by atoms with van der Waals surface area (Å²) in [6, 6.07) is 4.25. The van der Waals surface area contributed by atoms with Crippen molar-refractivity contribution in [1.82, 2.24) is 4.57 Å². The minimum atomic E-state index is -0.438. The first-order chi connectivity index (χ1) is 13.2. The van der Waals surface area contributed by atoms with Crippen LogP contribution < -0.4 is 0 Å². The molecule has 0 aliphatic rings. The van der Waals surface area contributed by atoms with E-state index >= 15 is 0 Å². The van der Waals surface area contributed by atoms with E-state index in [1.54, 1.807) is 18.2 Å². The van der Waals surface area contributed by atoms with E-state index in [1.165, 1.54) is 4.57 Å². The van der Waals surface area contributed by atoms with Gasteiger partial charge >= 0.3 is 0 Å². The lowest BCUT2D eigenvalue weighted by Crippen LogP contribution is -1.93. The monoisotopic (exact) mass is 377 g/mol. The van der Waals surface area contributed by atoms with Gasteiger partial charge in [0.15, 0.2) is 0 Å². The lowest BCUT2D eigenvalue weighted by molar-refractivity contribution is 1.18. The highest BCUT2D eigenvalue weighted by molar-refractivity contribution is 14.1. The number of para-hydroxylation sites is 2. The van der Waals surface area contributed by atoms with Gasteiger partial charge in [-0.3, -0.25) is 0 Å². The van der Waals surface area contributed by atoms with E-state index in [0.29, 0.717) is 5.69 Å². The molecule has 1 heterocycles. The van der Waals surface area contributed by atoms with Crippen LogP contribution >= 0.6 is 22.6 Å². The summed E-state index contributed by atoms with van der Waals surface area (Å²) < 4.78 is 68.1. The maximum atomic E-state index is 8.42. The molecule has 0 saturated heterocycles. The lowest BCUT2D eigenvalue weighted by atomic mass is 10.2. The van der Waals surface area contributed by atoms with E-state index < -0.39 is 24.2 Å². The van der Waals surface area contributed by atoms with Crippen LogP contribution in [0, 0.1) is 3.57 Å². The molecule has 0 fully saturated rings. The third kappa shape index (κ3) is 1.75. The maximum absolute atomic E-state index is 8.42. The summed E-state index contributed by atoms with van der Waals surface area (Å²) in [5, 5.41) is 0.179. The quantitative estimate of drug-likeness (QED) is 0.392. The molecule has 0 amide bonds. The van der Waals surface area contributed by atoms with Crippen LogP contribution in [0.25, 0.3) is 27.5 Å². The van der Waals surface area contributed by atoms with E-state index in [9.17, 15) is 0 Å². The van der Waals surface area contributed by atoms with E-state index in [0.717, 1.165) is 3.57 Å². The molecule has 4 aromatic rings. The molecule has 0 aliphatic carbocycles. The average Bonchev–Trinajstić information content (AvgIpc) is 3.03. The highest BCUT2D eigenvalue weighted by Crippen LogP contribution is 2.31. The van der Waals surface area contributed by atoms with Gasteiger partial charge in [0.05, 0.1) is 22.0 Å². The van der Waals surface area contributed by atoms with Crippen LogP contribution in [0.4, 0.5) is 0 Å². The fourth-order valence-electron chi connectivity index (χ4n) is 2.29. The van der Waals surface area contributed by atoms with Crippen molar-refractivity contribution in [3.63, 3.8) is 0 Å². The van der Waals surface area contributed by atoms with E-state index in [1.807, 2.05) is 6.07 Å². The van der Waals surface area contributed by atoms with Crippen LogP contribution in [-0.2, 0) is 0 Å². The number of hydrogen-bond donors (Lipinski definition) is 0. The molecule has 20 heavy (non-hydrogen) atoms. The minimum Gasteiger partial charge on any atom is -0.309 e. The first kappa shape index (κ1) is 6.31. The van der Waals surface area contributed by atoms with Crippen LogP contribution in [0.1, 0.15) is 11.0 Å². The van der Waals surface area contributed by atoms with Gasteiger partial charge in [0.1, 0.15) is 0 Å². The summed E-state index contributed by atoms with van der Waals surface area (Å²) in [4.78, 5) is 0. The van der Waals surface area contributed by atoms with Crippen LogP contribution in [0.2, 0.25) is 0 Å². The summed E-state index contributed by atoms with van der Waals surface area (Å²) in [7, 11) is 0. The largest absolute Gasteiger partial charge is 0.309 e. The van der Waals surface area contributed by atoms with Crippen LogP contribution in [0.15, 0.2) is 72.6 Å². The Morgan fingerprint density at radius 2 is 1.45 bits per heavy atom. The van der Waals surface area contributed by atoms with Crippen molar-refractivity contribution in [2.24, 2.45) is 0 Å². The molecule has 0 aliphatic heterocycles. The zero-order valence-corrected chi connectivity index (χ0v) is 12.3. The second-order valence-electron chi connectivity index (χ2n) is 4.26. The van der Waals surface area contributed by atoms with Gasteiger partial charge in [0.25, 0.3) is 0 Å². The molecular formula is C18H12IN. The summed E-state index contributed by atoms with van der Waals surface area (Å²) in [5.41, 5.74) is 0.826. The number of aromatic nitrogens is 1. The number of halogens is 1. The van der Waals surface area contributed by atoms with E-state index in [-0.39, 0.29) is 46.0 Å². The smallest absolute Gasteiger partial charge is 0.0645 e. The fourth-order valence-corrected chi connectivity index (χ4v) is 2.82. The Bertz CT molecular complexity index is 1230. The van der Waals surface area contributed by atoms with Crippen molar-refractivity contribution in [1.29, 1.82) is 0 Å². The predicted molar refractivity (Wildman–Crippen MR) is 93.5 cm³/mol. The van der Waals surface area contributed by atoms with Crippen molar-refractivity contribution in [2.45, 2.75) is 0 Å². The first-order valence-electron chi connectivity index (χ1n) is 9.93. The maximum Gasteiger partial charge on any atom is 0.0645 e. The minimum absolute atomic E-state index is 0.0897. The second kappa shape index (κ2) is 4.63. The number of nitrogens with zero attached hydrogens (tertiary/aromatic N) is 1. The van der Waals surface area contributed by atoms with Crippen molar-refractivity contribution in [2.75, 3.05) is 0 Å². The van der Waals surface area contributed by atoms with E-state index in [2.05, 4.69) is 22.6 Å². The summed E-state index contributed by atoms with van der Waals surface area (Å²) in [6.07, 6.45) is 0. The zero-order valence-electron chi connectivity index (χ0n) is 18.1. The van der Waals surface area contributed by atoms with Gasteiger partial charge in [-0.05, 0) is 52.9 Å². The Hall–Kier alpha value is -1.81. The Labute approximate surface area is 142 Å². The summed E-state index contributed by atoms with van der Waals surface area (Å²) in [6.45, 7) is 0. The molecule has 0 N–H and O–H groups in total. The Morgan fingerprint density at radius 1 is 0.850 bits per heavy atom. The van der Waals surface area contributed by atoms with Gasteiger partial charge in [0, 0.05) is 20.0 Å². The molecule has 96 valence electrons. The molecule has 4 rings (SSSR count). The topological polar surface area (TPSA) is 4.93 Å². The number of rotatable bonds is 1. The third-order valence-electron chi connectivity index (χ3n) is 3.10. The zero-order chi connectivity index (χ0) is 20.5. The van der Waals surface area contributed by atoms with Gasteiger partial charge in [-0.2, -0.15) is 0 Å². The number of benzene rings is 3. The van der Waals surface area contributed by atoms with Crippen molar-refractivity contribution in [3.05, 3.63) is 76.2 Å². The van der Waals surface area contributed by atoms with Crippen LogP contribution in [-0.4, -0.2) is 4.57 Å². The van der Waals surface area contributed by atoms with Crippen molar-refractivity contribution in [3.8, 4) is 5.69 Å². The molecule has 0 atom stereocenters. The molecule has 1 nitrogen and oxygen atoms in total. The molecule has 0 saturated carbocycles. The van der Waals surface area contributed by atoms with Crippen molar-refractivity contribution >= 4 is 44.4 Å². The Morgan fingerprint density at radius 3 is 2.05 bits per heavy atom. The van der Waals surface area contributed by atoms with Crippen LogP contribution in [0.3, 0.4) is 0 Å².